The summed E-state index contributed by atoms with van der Waals surface area (Å²) >= 11 is 1.56. The molecule has 0 spiro atoms. The van der Waals surface area contributed by atoms with E-state index in [1.807, 2.05) is 37.4 Å². The summed E-state index contributed by atoms with van der Waals surface area (Å²) in [5.41, 5.74) is 2.21. The molecule has 0 saturated heterocycles. The van der Waals surface area contributed by atoms with Gasteiger partial charge in [-0.05, 0) is 31.5 Å². The molecule has 1 aromatic heterocycles. The first-order chi connectivity index (χ1) is 15.1. The van der Waals surface area contributed by atoms with E-state index in [1.54, 1.807) is 18.4 Å². The monoisotopic (exact) mass is 448 g/mol. The van der Waals surface area contributed by atoms with Crippen LogP contribution in [0.5, 0.6) is 5.75 Å². The van der Waals surface area contributed by atoms with Crippen molar-refractivity contribution >= 4 is 28.9 Å². The quantitative estimate of drug-likeness (QED) is 0.386. The Labute approximate surface area is 186 Å². The number of ether oxygens (including phenoxy) is 4. The molecule has 0 radical (unpaired) electrons. The van der Waals surface area contributed by atoms with E-state index in [4.69, 9.17) is 18.9 Å². The summed E-state index contributed by atoms with van der Waals surface area (Å²) in [6.07, 6.45) is 1.16. The predicted octanol–water partition coefficient (Wildman–Crippen LogP) is 3.08. The highest BCUT2D eigenvalue weighted by Gasteiger charge is 2.36. The van der Waals surface area contributed by atoms with Gasteiger partial charge in [-0.3, -0.25) is 9.69 Å². The van der Waals surface area contributed by atoms with Crippen LogP contribution < -0.4 is 9.64 Å². The van der Waals surface area contributed by atoms with Crippen molar-refractivity contribution in [1.82, 2.24) is 4.98 Å². The molecule has 2 aromatic rings. The average Bonchev–Trinajstić information content (AvgIpc) is 3.26. The van der Waals surface area contributed by atoms with E-state index in [2.05, 4.69) is 4.98 Å². The maximum Gasteiger partial charge on any atom is 0.329 e. The minimum atomic E-state index is -0.736. The minimum absolute atomic E-state index is 0.118. The van der Waals surface area contributed by atoms with Gasteiger partial charge >= 0.3 is 5.97 Å². The predicted molar refractivity (Wildman–Crippen MR) is 118 cm³/mol. The molecule has 8 nitrogen and oxygen atoms in total. The van der Waals surface area contributed by atoms with Crippen molar-refractivity contribution in [3.8, 4) is 17.0 Å². The van der Waals surface area contributed by atoms with Crippen LogP contribution in [0.2, 0.25) is 0 Å². The van der Waals surface area contributed by atoms with Crippen molar-refractivity contribution in [2.24, 2.45) is 0 Å². The SMILES string of the molecule is CCOCCOC(=O)C(CC)N1C(=O)COc2ccc(-c3csc(CCOC)n3)cc21. The third kappa shape index (κ3) is 5.61. The number of methoxy groups -OCH3 is 1. The van der Waals surface area contributed by atoms with Gasteiger partial charge in [0, 0.05) is 31.1 Å². The van der Waals surface area contributed by atoms with Crippen LogP contribution in [0.1, 0.15) is 25.3 Å². The number of rotatable bonds is 11. The summed E-state index contributed by atoms with van der Waals surface area (Å²) in [7, 11) is 1.66. The zero-order valence-corrected chi connectivity index (χ0v) is 18.9. The lowest BCUT2D eigenvalue weighted by Gasteiger charge is -2.34. The molecule has 0 bridgehead atoms. The normalized spacial score (nSPS) is 14.2. The highest BCUT2D eigenvalue weighted by atomic mass is 32.1. The number of thiazole rings is 1. The van der Waals surface area contributed by atoms with Gasteiger partial charge in [0.05, 0.1) is 29.6 Å². The van der Waals surface area contributed by atoms with Crippen LogP contribution in [0, 0.1) is 0 Å². The van der Waals surface area contributed by atoms with Crippen LogP contribution >= 0.6 is 11.3 Å². The summed E-state index contributed by atoms with van der Waals surface area (Å²) in [5, 5.41) is 2.95. The van der Waals surface area contributed by atoms with Crippen molar-refractivity contribution in [2.45, 2.75) is 32.7 Å². The van der Waals surface area contributed by atoms with Crippen molar-refractivity contribution in [1.29, 1.82) is 0 Å². The lowest BCUT2D eigenvalue weighted by atomic mass is 10.1. The molecule has 31 heavy (non-hydrogen) atoms. The van der Waals surface area contributed by atoms with Crippen LogP contribution in [0.4, 0.5) is 5.69 Å². The molecule has 1 aromatic carbocycles. The third-order valence-electron chi connectivity index (χ3n) is 4.85. The fraction of sp³-hybridized carbons (Fsp3) is 0.500. The Morgan fingerprint density at radius 2 is 2.13 bits per heavy atom. The lowest BCUT2D eigenvalue weighted by Crippen LogP contribution is -2.50. The topological polar surface area (TPSA) is 87.2 Å². The first-order valence-corrected chi connectivity index (χ1v) is 11.2. The highest BCUT2D eigenvalue weighted by Crippen LogP contribution is 2.38. The summed E-state index contributed by atoms with van der Waals surface area (Å²) in [5.74, 6) is -0.180. The Morgan fingerprint density at radius 3 is 2.87 bits per heavy atom. The number of fused-ring (bicyclic) bond motifs is 1. The number of anilines is 1. The molecule has 1 unspecified atom stereocenters. The van der Waals surface area contributed by atoms with E-state index in [0.29, 0.717) is 37.7 Å². The van der Waals surface area contributed by atoms with Crippen LogP contribution in [0.3, 0.4) is 0 Å². The molecule has 1 amide bonds. The molecule has 9 heteroatoms. The van der Waals surface area contributed by atoms with Crippen molar-refractivity contribution in [3.05, 3.63) is 28.6 Å². The maximum atomic E-state index is 12.7. The fourth-order valence-corrected chi connectivity index (χ4v) is 4.10. The smallest absolute Gasteiger partial charge is 0.329 e. The van der Waals surface area contributed by atoms with E-state index in [-0.39, 0.29) is 19.1 Å². The standard InChI is InChI=1S/C22H28N2O6S/c1-4-17(22(26)29-11-10-28-5-2)24-18-12-15(6-7-19(18)30-13-21(24)25)16-14-31-20(23-16)8-9-27-3/h6-7,12,14,17H,4-5,8-11,13H2,1-3H3. The summed E-state index contributed by atoms with van der Waals surface area (Å²) in [4.78, 5) is 31.6. The number of carbonyl (C=O) groups is 2. The average molecular weight is 449 g/mol. The number of carbonyl (C=O) groups excluding carboxylic acids is 2. The van der Waals surface area contributed by atoms with Gasteiger partial charge in [-0.2, -0.15) is 0 Å². The Kier molecular flexibility index (Phi) is 8.39. The molecule has 168 valence electrons. The molecular formula is C22H28N2O6S. The Hall–Kier alpha value is -2.49. The molecule has 0 fully saturated rings. The number of hydrogen-bond acceptors (Lipinski definition) is 8. The summed E-state index contributed by atoms with van der Waals surface area (Å²) < 4.78 is 21.3. The van der Waals surface area contributed by atoms with E-state index in [0.717, 1.165) is 22.7 Å². The largest absolute Gasteiger partial charge is 0.482 e. The van der Waals surface area contributed by atoms with Gasteiger partial charge in [-0.25, -0.2) is 9.78 Å². The molecule has 1 aliphatic heterocycles. The van der Waals surface area contributed by atoms with Gasteiger partial charge in [-0.15, -0.1) is 11.3 Å². The molecule has 0 aliphatic carbocycles. The second-order valence-electron chi connectivity index (χ2n) is 6.89. The van der Waals surface area contributed by atoms with E-state index >= 15 is 0 Å². The summed E-state index contributed by atoms with van der Waals surface area (Å²) in [6, 6.07) is 4.83. The molecule has 3 rings (SSSR count). The molecule has 2 heterocycles. The Balaban J connectivity index is 1.85. The first-order valence-electron chi connectivity index (χ1n) is 10.4. The van der Waals surface area contributed by atoms with Crippen LogP contribution in [-0.4, -0.2) is 63.0 Å². The fourth-order valence-electron chi connectivity index (χ4n) is 3.32. The zero-order valence-electron chi connectivity index (χ0n) is 18.1. The van der Waals surface area contributed by atoms with Gasteiger partial charge in [0.2, 0.25) is 0 Å². The second-order valence-corrected chi connectivity index (χ2v) is 7.84. The van der Waals surface area contributed by atoms with Gasteiger partial charge in [0.15, 0.2) is 6.61 Å². The van der Waals surface area contributed by atoms with Gasteiger partial charge in [0.1, 0.15) is 18.4 Å². The van der Waals surface area contributed by atoms with Gasteiger partial charge in [0.25, 0.3) is 5.91 Å². The molecule has 0 N–H and O–H groups in total. The minimum Gasteiger partial charge on any atom is -0.482 e. The molecular weight excluding hydrogens is 420 g/mol. The number of nitrogens with zero attached hydrogens (tertiary/aromatic N) is 2. The third-order valence-corrected chi connectivity index (χ3v) is 5.76. The zero-order chi connectivity index (χ0) is 22.2. The van der Waals surface area contributed by atoms with Crippen LogP contribution in [-0.2, 0) is 30.2 Å². The van der Waals surface area contributed by atoms with Crippen molar-refractivity contribution < 1.29 is 28.5 Å². The lowest BCUT2D eigenvalue weighted by molar-refractivity contribution is -0.148. The molecule has 0 saturated carbocycles. The first kappa shape index (κ1) is 23.2. The number of aromatic nitrogens is 1. The molecule has 1 atom stereocenters. The summed E-state index contributed by atoms with van der Waals surface area (Å²) in [6.45, 7) is 5.24. The number of esters is 1. The Morgan fingerprint density at radius 1 is 1.29 bits per heavy atom. The van der Waals surface area contributed by atoms with E-state index in [1.165, 1.54) is 4.90 Å². The highest BCUT2D eigenvalue weighted by molar-refractivity contribution is 7.09. The van der Waals surface area contributed by atoms with Gasteiger partial charge < -0.3 is 18.9 Å². The molecule has 1 aliphatic rings. The van der Waals surface area contributed by atoms with E-state index < -0.39 is 12.0 Å². The number of benzene rings is 1. The van der Waals surface area contributed by atoms with Crippen LogP contribution in [0.25, 0.3) is 11.3 Å². The number of hydrogen-bond donors (Lipinski definition) is 0. The van der Waals surface area contributed by atoms with Gasteiger partial charge in [-0.1, -0.05) is 6.92 Å². The van der Waals surface area contributed by atoms with E-state index in [9.17, 15) is 9.59 Å². The van der Waals surface area contributed by atoms with Crippen LogP contribution in [0.15, 0.2) is 23.6 Å². The maximum absolute atomic E-state index is 12.7. The second kappa shape index (κ2) is 11.2. The Bertz CT molecular complexity index is 900. The number of amides is 1. The van der Waals surface area contributed by atoms with Crippen molar-refractivity contribution in [2.75, 3.05) is 45.0 Å². The van der Waals surface area contributed by atoms with Crippen molar-refractivity contribution in [3.63, 3.8) is 0 Å².